The van der Waals surface area contributed by atoms with Crippen molar-refractivity contribution in [3.8, 4) is 0 Å². The smallest absolute Gasteiger partial charge is 0.338 e. The average Bonchev–Trinajstić information content (AvgIpc) is 2.56. The predicted octanol–water partition coefficient (Wildman–Crippen LogP) is 2.96. The van der Waals surface area contributed by atoms with Gasteiger partial charge >= 0.3 is 11.9 Å². The molecular formula is C16H18INO4. The van der Waals surface area contributed by atoms with Crippen molar-refractivity contribution in [1.29, 1.82) is 0 Å². The Balaban J connectivity index is 2.41. The van der Waals surface area contributed by atoms with Gasteiger partial charge in [0.25, 0.3) is 0 Å². The first-order valence-electron chi connectivity index (χ1n) is 6.52. The molecule has 5 nitrogen and oxygen atoms in total. The zero-order valence-electron chi connectivity index (χ0n) is 12.4. The van der Waals surface area contributed by atoms with E-state index in [1.807, 2.05) is 24.1 Å². The van der Waals surface area contributed by atoms with Crippen LogP contribution in [0.2, 0.25) is 0 Å². The van der Waals surface area contributed by atoms with Crippen LogP contribution in [0.3, 0.4) is 0 Å². The molecule has 0 bridgehead atoms. The number of anilines is 1. The summed E-state index contributed by atoms with van der Waals surface area (Å²) in [4.78, 5) is 25.1. The van der Waals surface area contributed by atoms with Gasteiger partial charge in [-0.15, -0.1) is 0 Å². The largest absolute Gasteiger partial charge is 0.458 e. The van der Waals surface area contributed by atoms with Gasteiger partial charge in [0, 0.05) is 12.7 Å². The first-order chi connectivity index (χ1) is 10.5. The standard InChI is InChI=1S/C16H18INO4/c1-4-12(2)15(19)21-9-10-22-16(20)13-5-7-14(8-6-13)18(3)11-17/h4-8H,1-2,9-11H2,3H3. The number of hydrogen-bond donors (Lipinski definition) is 0. The van der Waals surface area contributed by atoms with E-state index in [1.165, 1.54) is 6.08 Å². The quantitative estimate of drug-likeness (QED) is 0.124. The SMILES string of the molecule is C=CC(=C)C(=O)OCCOC(=O)c1ccc(N(C)CI)cc1. The Hall–Kier alpha value is -1.83. The molecule has 0 aromatic heterocycles. The molecule has 1 aromatic rings. The van der Waals surface area contributed by atoms with Gasteiger partial charge in [-0.3, -0.25) is 0 Å². The molecule has 0 aliphatic carbocycles. The highest BCUT2D eigenvalue weighted by molar-refractivity contribution is 14.1. The molecular weight excluding hydrogens is 397 g/mol. The molecule has 22 heavy (non-hydrogen) atoms. The molecule has 0 radical (unpaired) electrons. The summed E-state index contributed by atoms with van der Waals surface area (Å²) in [5.74, 6) is -1.03. The molecule has 0 aliphatic rings. The van der Waals surface area contributed by atoms with Gasteiger partial charge in [-0.25, -0.2) is 9.59 Å². The zero-order valence-corrected chi connectivity index (χ0v) is 14.5. The third-order valence-electron chi connectivity index (χ3n) is 2.78. The van der Waals surface area contributed by atoms with E-state index in [9.17, 15) is 9.59 Å². The maximum absolute atomic E-state index is 11.8. The van der Waals surface area contributed by atoms with Crippen LogP contribution in [0, 0.1) is 0 Å². The second-order valence-corrected chi connectivity index (χ2v) is 5.05. The number of carbonyl (C=O) groups is 2. The van der Waals surface area contributed by atoms with E-state index in [4.69, 9.17) is 9.47 Å². The van der Waals surface area contributed by atoms with Gasteiger partial charge < -0.3 is 14.4 Å². The molecule has 0 N–H and O–H groups in total. The van der Waals surface area contributed by atoms with E-state index in [-0.39, 0.29) is 18.8 Å². The summed E-state index contributed by atoms with van der Waals surface area (Å²) in [5, 5.41) is 0. The highest BCUT2D eigenvalue weighted by Crippen LogP contribution is 2.15. The van der Waals surface area contributed by atoms with Crippen molar-refractivity contribution in [2.45, 2.75) is 0 Å². The molecule has 0 heterocycles. The lowest BCUT2D eigenvalue weighted by atomic mass is 10.2. The Morgan fingerprint density at radius 3 is 2.36 bits per heavy atom. The van der Waals surface area contributed by atoms with Crippen molar-refractivity contribution < 1.29 is 19.1 Å². The normalized spacial score (nSPS) is 9.73. The van der Waals surface area contributed by atoms with E-state index >= 15 is 0 Å². The summed E-state index contributed by atoms with van der Waals surface area (Å²) < 4.78 is 10.7. The number of benzene rings is 1. The van der Waals surface area contributed by atoms with Gasteiger partial charge in [-0.2, -0.15) is 0 Å². The van der Waals surface area contributed by atoms with Gasteiger partial charge in [0.15, 0.2) is 0 Å². The topological polar surface area (TPSA) is 55.8 Å². The summed E-state index contributed by atoms with van der Waals surface area (Å²) in [6, 6.07) is 7.10. The maximum Gasteiger partial charge on any atom is 0.338 e. The average molecular weight is 415 g/mol. The summed E-state index contributed by atoms with van der Waals surface area (Å²) in [6.45, 7) is 6.84. The highest BCUT2D eigenvalue weighted by atomic mass is 127. The molecule has 0 fully saturated rings. The van der Waals surface area contributed by atoms with Crippen molar-refractivity contribution >= 4 is 40.2 Å². The monoisotopic (exact) mass is 415 g/mol. The van der Waals surface area contributed by atoms with Crippen LogP contribution in [0.5, 0.6) is 0 Å². The third-order valence-corrected chi connectivity index (χ3v) is 3.80. The lowest BCUT2D eigenvalue weighted by molar-refractivity contribution is -0.139. The van der Waals surface area contributed by atoms with E-state index in [0.717, 1.165) is 10.2 Å². The fourth-order valence-electron chi connectivity index (χ4n) is 1.45. The minimum atomic E-state index is -0.572. The number of halogens is 1. The van der Waals surface area contributed by atoms with E-state index in [1.54, 1.807) is 12.1 Å². The third kappa shape index (κ3) is 5.51. The summed E-state index contributed by atoms with van der Waals surface area (Å²) >= 11 is 2.25. The fraction of sp³-hybridized carbons (Fsp3) is 0.250. The van der Waals surface area contributed by atoms with Crippen LogP contribution in [0.4, 0.5) is 5.69 Å². The van der Waals surface area contributed by atoms with E-state index in [0.29, 0.717) is 5.56 Å². The number of alkyl halides is 1. The van der Waals surface area contributed by atoms with Gasteiger partial charge in [0.1, 0.15) is 13.2 Å². The lowest BCUT2D eigenvalue weighted by Gasteiger charge is -2.15. The lowest BCUT2D eigenvalue weighted by Crippen LogP contribution is -2.15. The highest BCUT2D eigenvalue weighted by Gasteiger charge is 2.09. The number of rotatable bonds is 8. The van der Waals surface area contributed by atoms with Crippen molar-refractivity contribution in [1.82, 2.24) is 0 Å². The Bertz CT molecular complexity index is 554. The predicted molar refractivity (Wildman–Crippen MR) is 94.3 cm³/mol. The van der Waals surface area contributed by atoms with E-state index < -0.39 is 11.9 Å². The van der Waals surface area contributed by atoms with Gasteiger partial charge in [0.05, 0.1) is 15.7 Å². The molecule has 6 heteroatoms. The van der Waals surface area contributed by atoms with Crippen LogP contribution in [-0.4, -0.2) is 36.8 Å². The van der Waals surface area contributed by atoms with E-state index in [2.05, 4.69) is 35.7 Å². The Labute approximate surface area is 143 Å². The van der Waals surface area contributed by atoms with Crippen LogP contribution in [-0.2, 0) is 14.3 Å². The molecule has 0 atom stereocenters. The van der Waals surface area contributed by atoms with Gasteiger partial charge in [-0.1, -0.05) is 41.8 Å². The number of esters is 2. The second-order valence-electron chi connectivity index (χ2n) is 4.37. The molecule has 1 aromatic carbocycles. The fourth-order valence-corrected chi connectivity index (χ4v) is 1.84. The Morgan fingerprint density at radius 1 is 1.23 bits per heavy atom. The molecule has 0 saturated carbocycles. The van der Waals surface area contributed by atoms with Gasteiger partial charge in [0.2, 0.25) is 0 Å². The van der Waals surface area contributed by atoms with Crippen molar-refractivity contribution in [3.05, 3.63) is 54.6 Å². The molecule has 1 rings (SSSR count). The molecule has 118 valence electrons. The van der Waals surface area contributed by atoms with Crippen molar-refractivity contribution in [3.63, 3.8) is 0 Å². The summed E-state index contributed by atoms with van der Waals surface area (Å²) in [6.07, 6.45) is 1.31. The number of carbonyl (C=O) groups excluding carboxylic acids is 2. The second kappa shape index (κ2) is 9.24. The van der Waals surface area contributed by atoms with Crippen LogP contribution in [0.15, 0.2) is 49.1 Å². The van der Waals surface area contributed by atoms with Gasteiger partial charge in [-0.05, 0) is 24.3 Å². The summed E-state index contributed by atoms with van der Waals surface area (Å²) in [5.41, 5.74) is 1.64. The molecule has 0 spiro atoms. The summed E-state index contributed by atoms with van der Waals surface area (Å²) in [7, 11) is 1.96. The molecule has 0 saturated heterocycles. The number of nitrogens with zero attached hydrogens (tertiary/aromatic N) is 1. The maximum atomic E-state index is 11.8. The minimum absolute atomic E-state index is 0.00952. The molecule has 0 unspecified atom stereocenters. The molecule has 0 aliphatic heterocycles. The zero-order chi connectivity index (χ0) is 16.5. The minimum Gasteiger partial charge on any atom is -0.458 e. The first kappa shape index (κ1) is 18.2. The molecule has 0 amide bonds. The first-order valence-corrected chi connectivity index (χ1v) is 8.05. The van der Waals surface area contributed by atoms with Crippen LogP contribution < -0.4 is 4.90 Å². The number of ether oxygens (including phenoxy) is 2. The van der Waals surface area contributed by atoms with Crippen LogP contribution in [0.1, 0.15) is 10.4 Å². The van der Waals surface area contributed by atoms with Crippen LogP contribution in [0.25, 0.3) is 0 Å². The van der Waals surface area contributed by atoms with Crippen LogP contribution >= 0.6 is 22.6 Å². The Morgan fingerprint density at radius 2 is 1.82 bits per heavy atom. The Kier molecular flexibility index (Phi) is 7.65. The van der Waals surface area contributed by atoms with Crippen molar-refractivity contribution in [2.24, 2.45) is 0 Å². The number of hydrogen-bond acceptors (Lipinski definition) is 5. The van der Waals surface area contributed by atoms with Crippen molar-refractivity contribution in [2.75, 3.05) is 29.7 Å².